The minimum atomic E-state index is -0.543. The number of rotatable bonds is 4. The van der Waals surface area contributed by atoms with Gasteiger partial charge < -0.3 is 10.1 Å². The average Bonchev–Trinajstić information content (AvgIpc) is 3.23. The topological polar surface area (TPSA) is 69.0 Å². The normalized spacial score (nSPS) is 15.4. The number of amides is 1. The smallest absolute Gasteiger partial charge is 0.251 e. The van der Waals surface area contributed by atoms with E-state index in [0.717, 1.165) is 29.4 Å². The number of halogens is 2. The zero-order valence-corrected chi connectivity index (χ0v) is 15.2. The number of methoxy groups -OCH3 is 1. The highest BCUT2D eigenvalue weighted by molar-refractivity contribution is 6.31. The molecule has 0 fully saturated rings. The van der Waals surface area contributed by atoms with Gasteiger partial charge in [0.1, 0.15) is 5.82 Å². The number of carbonyl (C=O) groups excluding carboxylic acids is 1. The van der Waals surface area contributed by atoms with Gasteiger partial charge in [0.2, 0.25) is 5.88 Å². The van der Waals surface area contributed by atoms with Crippen LogP contribution in [0.15, 0.2) is 42.6 Å². The van der Waals surface area contributed by atoms with Gasteiger partial charge in [0.05, 0.1) is 24.5 Å². The van der Waals surface area contributed by atoms with E-state index < -0.39 is 5.82 Å². The van der Waals surface area contributed by atoms with Crippen LogP contribution in [-0.4, -0.2) is 27.8 Å². The molecule has 0 saturated carbocycles. The van der Waals surface area contributed by atoms with Gasteiger partial charge in [-0.3, -0.25) is 9.48 Å². The van der Waals surface area contributed by atoms with E-state index in [9.17, 15) is 9.18 Å². The number of hydrogen-bond donors (Lipinski definition) is 1. The van der Waals surface area contributed by atoms with Crippen molar-refractivity contribution in [3.05, 3.63) is 64.7 Å². The molecule has 1 amide bonds. The van der Waals surface area contributed by atoms with Crippen molar-refractivity contribution >= 4 is 17.5 Å². The molecule has 138 valence electrons. The Morgan fingerprint density at radius 1 is 1.33 bits per heavy atom. The molecule has 1 aliphatic heterocycles. The molecule has 0 aliphatic carbocycles. The summed E-state index contributed by atoms with van der Waals surface area (Å²) in [6.07, 6.45) is 2.38. The number of aromatic nitrogens is 3. The van der Waals surface area contributed by atoms with Gasteiger partial charge in [-0.15, -0.1) is 0 Å². The maximum Gasteiger partial charge on any atom is 0.251 e. The van der Waals surface area contributed by atoms with Gasteiger partial charge in [-0.05, 0) is 36.8 Å². The van der Waals surface area contributed by atoms with E-state index in [1.54, 1.807) is 19.4 Å². The molecule has 0 bridgehead atoms. The Labute approximate surface area is 159 Å². The summed E-state index contributed by atoms with van der Waals surface area (Å²) in [5.41, 5.74) is 2.75. The number of ether oxygens (including phenoxy) is 1. The molecule has 4 rings (SSSR count). The fourth-order valence-electron chi connectivity index (χ4n) is 3.18. The molecular weight excluding hydrogens is 371 g/mol. The Hall–Kier alpha value is -2.93. The number of carbonyl (C=O) groups is 1. The summed E-state index contributed by atoms with van der Waals surface area (Å²) in [5.74, 6) is -0.408. The maximum absolute atomic E-state index is 13.5. The van der Waals surface area contributed by atoms with Crippen LogP contribution in [0.25, 0.3) is 11.3 Å². The van der Waals surface area contributed by atoms with Crippen LogP contribution in [0.1, 0.15) is 28.5 Å². The molecule has 0 saturated heterocycles. The largest absolute Gasteiger partial charge is 0.481 e. The Balaban J connectivity index is 1.56. The first-order valence-corrected chi connectivity index (χ1v) is 8.76. The lowest BCUT2D eigenvalue weighted by atomic mass is 10.1. The molecule has 1 aliphatic rings. The molecule has 6 nitrogen and oxygen atoms in total. The SMILES string of the molecule is COc1cc(-c2cc3n(n2)CCC3NC(=O)c2cc(F)cc(Cl)c2)ccn1. The van der Waals surface area contributed by atoms with E-state index in [1.165, 1.54) is 12.1 Å². The van der Waals surface area contributed by atoms with Crippen LogP contribution in [-0.2, 0) is 6.54 Å². The van der Waals surface area contributed by atoms with E-state index >= 15 is 0 Å². The van der Waals surface area contributed by atoms with E-state index in [2.05, 4.69) is 15.4 Å². The van der Waals surface area contributed by atoms with Crippen LogP contribution in [0.3, 0.4) is 0 Å². The van der Waals surface area contributed by atoms with Crippen LogP contribution < -0.4 is 10.1 Å². The Kier molecular flexibility index (Phi) is 4.53. The van der Waals surface area contributed by atoms with Crippen molar-refractivity contribution in [2.75, 3.05) is 7.11 Å². The summed E-state index contributed by atoms with van der Waals surface area (Å²) >= 11 is 5.84. The number of nitrogens with zero attached hydrogens (tertiary/aromatic N) is 3. The lowest BCUT2D eigenvalue weighted by molar-refractivity contribution is 0.0936. The first-order valence-electron chi connectivity index (χ1n) is 8.38. The van der Waals surface area contributed by atoms with Crippen LogP contribution in [0.4, 0.5) is 4.39 Å². The second kappa shape index (κ2) is 7.00. The van der Waals surface area contributed by atoms with Crippen molar-refractivity contribution in [3.8, 4) is 17.1 Å². The Bertz CT molecular complexity index is 1000. The highest BCUT2D eigenvalue weighted by Crippen LogP contribution is 2.31. The summed E-state index contributed by atoms with van der Waals surface area (Å²) in [6.45, 7) is 0.687. The minimum absolute atomic E-state index is 0.186. The summed E-state index contributed by atoms with van der Waals surface area (Å²) in [6, 6.07) is 9.17. The van der Waals surface area contributed by atoms with Crippen molar-refractivity contribution in [2.24, 2.45) is 0 Å². The molecule has 0 spiro atoms. The summed E-state index contributed by atoms with van der Waals surface area (Å²) in [7, 11) is 1.56. The van der Waals surface area contributed by atoms with Crippen LogP contribution in [0, 0.1) is 5.82 Å². The highest BCUT2D eigenvalue weighted by atomic mass is 35.5. The number of nitrogens with one attached hydrogen (secondary N) is 1. The predicted octanol–water partition coefficient (Wildman–Crippen LogP) is 3.62. The fraction of sp³-hybridized carbons (Fsp3) is 0.211. The zero-order valence-electron chi connectivity index (χ0n) is 14.4. The Morgan fingerprint density at radius 2 is 2.19 bits per heavy atom. The van der Waals surface area contributed by atoms with E-state index in [1.807, 2.05) is 16.8 Å². The first-order chi connectivity index (χ1) is 13.0. The quantitative estimate of drug-likeness (QED) is 0.743. The number of pyridine rings is 1. The first kappa shape index (κ1) is 17.5. The van der Waals surface area contributed by atoms with Crippen molar-refractivity contribution < 1.29 is 13.9 Å². The molecule has 3 heterocycles. The molecule has 27 heavy (non-hydrogen) atoms. The molecule has 3 aromatic rings. The third-order valence-corrected chi connectivity index (χ3v) is 4.69. The standard InChI is InChI=1S/C19H16ClFN4O2/c1-27-18-8-11(2-4-22-18)16-10-17-15(3-5-25(17)24-16)23-19(26)12-6-13(20)9-14(21)7-12/h2,4,6-10,15H,3,5H2,1H3,(H,23,26). The second-order valence-corrected chi connectivity index (χ2v) is 6.67. The molecular formula is C19H16ClFN4O2. The van der Waals surface area contributed by atoms with E-state index in [-0.39, 0.29) is 22.5 Å². The minimum Gasteiger partial charge on any atom is -0.481 e. The van der Waals surface area contributed by atoms with Gasteiger partial charge in [0, 0.05) is 35.0 Å². The van der Waals surface area contributed by atoms with Crippen molar-refractivity contribution in [2.45, 2.75) is 19.0 Å². The molecule has 1 atom stereocenters. The number of aryl methyl sites for hydroxylation is 1. The third kappa shape index (κ3) is 3.50. The van der Waals surface area contributed by atoms with Gasteiger partial charge in [-0.25, -0.2) is 9.37 Å². The second-order valence-electron chi connectivity index (χ2n) is 6.24. The van der Waals surface area contributed by atoms with Gasteiger partial charge in [0.25, 0.3) is 5.91 Å². The summed E-state index contributed by atoms with van der Waals surface area (Å²) in [5, 5.41) is 7.71. The van der Waals surface area contributed by atoms with E-state index in [4.69, 9.17) is 16.3 Å². The molecule has 1 unspecified atom stereocenters. The molecule has 1 aromatic carbocycles. The highest BCUT2D eigenvalue weighted by Gasteiger charge is 2.27. The summed E-state index contributed by atoms with van der Waals surface area (Å²) in [4.78, 5) is 16.6. The Morgan fingerprint density at radius 3 is 2.96 bits per heavy atom. The lowest BCUT2D eigenvalue weighted by Crippen LogP contribution is -2.27. The van der Waals surface area contributed by atoms with Crippen molar-refractivity contribution in [1.29, 1.82) is 0 Å². The molecule has 1 N–H and O–H groups in total. The average molecular weight is 387 g/mol. The molecule has 2 aromatic heterocycles. The van der Waals surface area contributed by atoms with Crippen molar-refractivity contribution in [1.82, 2.24) is 20.1 Å². The number of fused-ring (bicyclic) bond motifs is 1. The van der Waals surface area contributed by atoms with E-state index in [0.29, 0.717) is 12.4 Å². The van der Waals surface area contributed by atoms with Gasteiger partial charge in [-0.2, -0.15) is 5.10 Å². The number of benzene rings is 1. The van der Waals surface area contributed by atoms with Gasteiger partial charge >= 0.3 is 0 Å². The van der Waals surface area contributed by atoms with Crippen LogP contribution in [0.2, 0.25) is 5.02 Å². The summed E-state index contributed by atoms with van der Waals surface area (Å²) < 4.78 is 20.5. The lowest BCUT2D eigenvalue weighted by Gasteiger charge is -2.12. The predicted molar refractivity (Wildman–Crippen MR) is 98.2 cm³/mol. The van der Waals surface area contributed by atoms with Gasteiger partial charge in [0.15, 0.2) is 0 Å². The molecule has 0 radical (unpaired) electrons. The van der Waals surface area contributed by atoms with Crippen LogP contribution >= 0.6 is 11.6 Å². The van der Waals surface area contributed by atoms with Gasteiger partial charge in [-0.1, -0.05) is 11.6 Å². The van der Waals surface area contributed by atoms with Crippen LogP contribution in [0.5, 0.6) is 5.88 Å². The van der Waals surface area contributed by atoms with Crippen molar-refractivity contribution in [3.63, 3.8) is 0 Å². The number of hydrogen-bond acceptors (Lipinski definition) is 4. The maximum atomic E-state index is 13.5. The fourth-order valence-corrected chi connectivity index (χ4v) is 3.41. The monoisotopic (exact) mass is 386 g/mol. The zero-order chi connectivity index (χ0) is 19.0. The molecule has 8 heteroatoms. The third-order valence-electron chi connectivity index (χ3n) is 4.47.